The molecule has 6 heteroatoms. The molecule has 2 aromatic carbocycles. The number of rotatable bonds is 4. The number of hydrogen-bond acceptors (Lipinski definition) is 4. The molecule has 1 fully saturated rings. The fourth-order valence-corrected chi connectivity index (χ4v) is 4.38. The highest BCUT2D eigenvalue weighted by molar-refractivity contribution is 7.89. The summed E-state index contributed by atoms with van der Waals surface area (Å²) in [5, 5.41) is 0. The van der Waals surface area contributed by atoms with E-state index in [2.05, 4.69) is 4.99 Å². The number of aliphatic imine (C=N–C) groups is 1. The van der Waals surface area contributed by atoms with Crippen molar-refractivity contribution in [3.8, 4) is 0 Å². The molecule has 1 aliphatic heterocycles. The summed E-state index contributed by atoms with van der Waals surface area (Å²) in [5.41, 5.74) is 3.42. The van der Waals surface area contributed by atoms with Crippen LogP contribution in [-0.2, 0) is 14.8 Å². The Labute approximate surface area is 149 Å². The zero-order chi connectivity index (χ0) is 17.9. The molecule has 25 heavy (non-hydrogen) atoms. The van der Waals surface area contributed by atoms with E-state index in [1.165, 1.54) is 4.31 Å². The molecule has 2 aromatic rings. The summed E-state index contributed by atoms with van der Waals surface area (Å²) in [6.45, 7) is 5.48. The lowest BCUT2D eigenvalue weighted by molar-refractivity contribution is 0.0730. The first-order chi connectivity index (χ1) is 12.0. The average Bonchev–Trinajstić information content (AvgIpc) is 2.61. The molecule has 0 saturated carbocycles. The van der Waals surface area contributed by atoms with Crippen molar-refractivity contribution in [3.05, 3.63) is 59.2 Å². The van der Waals surface area contributed by atoms with E-state index in [1.807, 2.05) is 44.2 Å². The minimum absolute atomic E-state index is 0.248. The summed E-state index contributed by atoms with van der Waals surface area (Å²) in [4.78, 5) is 4.71. The molecular formula is C19H22N2O3S. The van der Waals surface area contributed by atoms with Gasteiger partial charge in [0.2, 0.25) is 10.0 Å². The second-order valence-electron chi connectivity index (χ2n) is 6.16. The Hall–Kier alpha value is -2.02. The molecule has 0 bridgehead atoms. The summed E-state index contributed by atoms with van der Waals surface area (Å²) >= 11 is 0. The maximum absolute atomic E-state index is 13.0. The zero-order valence-corrected chi connectivity index (χ0v) is 15.3. The molecule has 5 nitrogen and oxygen atoms in total. The van der Waals surface area contributed by atoms with Gasteiger partial charge in [-0.2, -0.15) is 4.31 Å². The first-order valence-corrected chi connectivity index (χ1v) is 9.70. The van der Waals surface area contributed by atoms with Crippen molar-refractivity contribution >= 4 is 21.9 Å². The van der Waals surface area contributed by atoms with Crippen LogP contribution in [-0.4, -0.2) is 45.2 Å². The fraction of sp³-hybridized carbons (Fsp3) is 0.316. The third kappa shape index (κ3) is 4.15. The van der Waals surface area contributed by atoms with Crippen LogP contribution >= 0.6 is 0 Å². The number of nitrogens with zero attached hydrogens (tertiary/aromatic N) is 2. The highest BCUT2D eigenvalue weighted by Crippen LogP contribution is 2.28. The van der Waals surface area contributed by atoms with Crippen LogP contribution in [0.3, 0.4) is 0 Å². The van der Waals surface area contributed by atoms with Crippen LogP contribution < -0.4 is 0 Å². The van der Waals surface area contributed by atoms with E-state index < -0.39 is 10.0 Å². The van der Waals surface area contributed by atoms with Crippen LogP contribution in [0.5, 0.6) is 0 Å². The van der Waals surface area contributed by atoms with Crippen LogP contribution in [0.4, 0.5) is 5.69 Å². The maximum atomic E-state index is 13.0. The second-order valence-corrected chi connectivity index (χ2v) is 8.07. The maximum Gasteiger partial charge on any atom is 0.245 e. The lowest BCUT2D eigenvalue weighted by Crippen LogP contribution is -2.40. The molecule has 1 heterocycles. The van der Waals surface area contributed by atoms with Gasteiger partial charge in [0.05, 0.1) is 18.9 Å². The van der Waals surface area contributed by atoms with E-state index in [-0.39, 0.29) is 4.90 Å². The summed E-state index contributed by atoms with van der Waals surface area (Å²) < 4.78 is 32.8. The number of morpholine rings is 1. The molecule has 0 N–H and O–H groups in total. The van der Waals surface area contributed by atoms with Crippen molar-refractivity contribution in [1.82, 2.24) is 4.31 Å². The molecule has 132 valence electrons. The monoisotopic (exact) mass is 358 g/mol. The van der Waals surface area contributed by atoms with Crippen LogP contribution in [0, 0.1) is 13.8 Å². The Morgan fingerprint density at radius 3 is 2.48 bits per heavy atom. The molecule has 0 atom stereocenters. The summed E-state index contributed by atoms with van der Waals surface area (Å²) in [7, 11) is -3.59. The second kappa shape index (κ2) is 7.47. The van der Waals surface area contributed by atoms with Gasteiger partial charge in [0.25, 0.3) is 0 Å². The Morgan fingerprint density at radius 1 is 1.04 bits per heavy atom. The largest absolute Gasteiger partial charge is 0.379 e. The van der Waals surface area contributed by atoms with Gasteiger partial charge in [-0.3, -0.25) is 4.99 Å². The number of sulfonamides is 1. The highest BCUT2D eigenvalue weighted by Gasteiger charge is 2.28. The Bertz CT molecular complexity index is 885. The van der Waals surface area contributed by atoms with Gasteiger partial charge in [0.15, 0.2) is 0 Å². The first kappa shape index (κ1) is 17.8. The molecule has 0 aliphatic carbocycles. The highest BCUT2D eigenvalue weighted by atomic mass is 32.2. The van der Waals surface area contributed by atoms with Crippen LogP contribution in [0.15, 0.2) is 52.4 Å². The fourth-order valence-electron chi connectivity index (χ4n) is 2.76. The molecule has 0 amide bonds. The third-order valence-electron chi connectivity index (χ3n) is 4.10. The van der Waals surface area contributed by atoms with Gasteiger partial charge in [-0.15, -0.1) is 0 Å². The van der Waals surface area contributed by atoms with E-state index in [9.17, 15) is 8.42 Å². The van der Waals surface area contributed by atoms with E-state index >= 15 is 0 Å². The molecule has 0 aromatic heterocycles. The van der Waals surface area contributed by atoms with Gasteiger partial charge in [-0.25, -0.2) is 8.42 Å². The summed E-state index contributed by atoms with van der Waals surface area (Å²) in [6, 6.07) is 13.2. The van der Waals surface area contributed by atoms with Crippen LogP contribution in [0.2, 0.25) is 0 Å². The van der Waals surface area contributed by atoms with Crippen molar-refractivity contribution in [2.24, 2.45) is 4.99 Å². The molecular weight excluding hydrogens is 336 g/mol. The van der Waals surface area contributed by atoms with Gasteiger partial charge in [-0.05, 0) is 37.1 Å². The number of ether oxygens (including phenoxy) is 1. The van der Waals surface area contributed by atoms with Crippen molar-refractivity contribution in [2.75, 3.05) is 26.3 Å². The quantitative estimate of drug-likeness (QED) is 0.789. The lowest BCUT2D eigenvalue weighted by atomic mass is 10.1. The summed E-state index contributed by atoms with van der Waals surface area (Å²) in [6.07, 6.45) is 1.70. The lowest BCUT2D eigenvalue weighted by Gasteiger charge is -2.26. The van der Waals surface area contributed by atoms with Gasteiger partial charge < -0.3 is 4.74 Å². The third-order valence-corrected chi connectivity index (χ3v) is 6.03. The predicted molar refractivity (Wildman–Crippen MR) is 99.2 cm³/mol. The first-order valence-electron chi connectivity index (χ1n) is 8.26. The Morgan fingerprint density at radius 2 is 1.76 bits per heavy atom. The normalized spacial score (nSPS) is 16.4. The number of benzene rings is 2. The minimum Gasteiger partial charge on any atom is -0.379 e. The number of hydrogen-bond donors (Lipinski definition) is 0. The Kier molecular flexibility index (Phi) is 5.32. The molecule has 0 spiro atoms. The van der Waals surface area contributed by atoms with Crippen LogP contribution in [0.1, 0.15) is 16.7 Å². The predicted octanol–water partition coefficient (Wildman–Crippen LogP) is 3.07. The smallest absolute Gasteiger partial charge is 0.245 e. The molecule has 1 saturated heterocycles. The average molecular weight is 358 g/mol. The number of aryl methyl sites for hydroxylation is 2. The SMILES string of the molecule is Cc1cccc(C=Nc2ccc(C)cc2S(=O)(=O)N2CCOCC2)c1. The summed E-state index contributed by atoms with van der Waals surface area (Å²) in [5.74, 6) is 0. The topological polar surface area (TPSA) is 59.0 Å². The zero-order valence-electron chi connectivity index (χ0n) is 14.5. The molecule has 0 radical (unpaired) electrons. The molecule has 3 rings (SSSR count). The molecule has 1 aliphatic rings. The van der Waals surface area contributed by atoms with Gasteiger partial charge >= 0.3 is 0 Å². The van der Waals surface area contributed by atoms with E-state index in [0.29, 0.717) is 32.0 Å². The van der Waals surface area contributed by atoms with Gasteiger partial charge in [0, 0.05) is 19.3 Å². The Balaban J connectivity index is 1.98. The van der Waals surface area contributed by atoms with Gasteiger partial charge in [-0.1, -0.05) is 35.9 Å². The van der Waals surface area contributed by atoms with E-state index in [0.717, 1.165) is 16.7 Å². The standard InChI is InChI=1S/C19H22N2O3S/c1-15-4-3-5-17(12-15)14-20-18-7-6-16(2)13-19(18)25(22,23)21-8-10-24-11-9-21/h3-7,12-14H,8-11H2,1-2H3. The van der Waals surface area contributed by atoms with E-state index in [4.69, 9.17) is 4.74 Å². The van der Waals surface area contributed by atoms with Crippen molar-refractivity contribution in [3.63, 3.8) is 0 Å². The van der Waals surface area contributed by atoms with Crippen molar-refractivity contribution in [1.29, 1.82) is 0 Å². The van der Waals surface area contributed by atoms with Crippen molar-refractivity contribution in [2.45, 2.75) is 18.7 Å². The van der Waals surface area contributed by atoms with Crippen molar-refractivity contribution < 1.29 is 13.2 Å². The van der Waals surface area contributed by atoms with E-state index in [1.54, 1.807) is 18.3 Å². The minimum atomic E-state index is -3.59. The van der Waals surface area contributed by atoms with Gasteiger partial charge in [0.1, 0.15) is 4.90 Å². The molecule has 0 unspecified atom stereocenters. The van der Waals surface area contributed by atoms with Crippen LogP contribution in [0.25, 0.3) is 0 Å².